The number of hydrogen-bond donors (Lipinski definition) is 4. The first-order chi connectivity index (χ1) is 24.4. The van der Waals surface area contributed by atoms with Crippen LogP contribution in [0.2, 0.25) is 0 Å². The molecule has 2 aliphatic heterocycles. The topological polar surface area (TPSA) is 177 Å². The minimum absolute atomic E-state index is 0.134. The predicted octanol–water partition coefficient (Wildman–Crippen LogP) is 5.62. The Hall–Kier alpha value is -5.02. The summed E-state index contributed by atoms with van der Waals surface area (Å²) in [5, 5.41) is 22.6. The standard InChI is InChI=1S/C36H48N6O9/c1-21-17-42(22(2)19-43)34(44)28-15-26(37-35(45)39-33-24(4)40-51-25(33)5)10-12-29(28)50-23(3)9-7-8-14-47-32(21)18-41(6)36(46)38-27-11-13-30-31(16-27)49-20-48-30/h10-13,15-16,21-23,32,43H,7-9,14,17-20H2,1-6H3,(H,38,46)(H2,37,39,45)/t21-,22+,23-,32+/m0/s1. The first-order valence-corrected chi connectivity index (χ1v) is 17.2. The Labute approximate surface area is 297 Å². The van der Waals surface area contributed by atoms with Crippen molar-refractivity contribution in [2.45, 2.75) is 72.1 Å². The number of aryl methyl sites for hydroxylation is 2. The van der Waals surface area contributed by atoms with Gasteiger partial charge in [-0.2, -0.15) is 0 Å². The monoisotopic (exact) mass is 708 g/mol. The van der Waals surface area contributed by atoms with Gasteiger partial charge in [-0.25, -0.2) is 9.59 Å². The Bertz CT molecular complexity index is 1680. The van der Waals surface area contributed by atoms with E-state index in [4.69, 9.17) is 23.5 Å². The van der Waals surface area contributed by atoms with Crippen molar-refractivity contribution in [2.75, 3.05) is 56.1 Å². The van der Waals surface area contributed by atoms with Gasteiger partial charge < -0.3 is 54.3 Å². The summed E-state index contributed by atoms with van der Waals surface area (Å²) in [4.78, 5) is 43.7. The van der Waals surface area contributed by atoms with Crippen LogP contribution in [0.3, 0.4) is 0 Å². The Morgan fingerprint density at radius 3 is 2.47 bits per heavy atom. The highest BCUT2D eigenvalue weighted by atomic mass is 16.7. The van der Waals surface area contributed by atoms with E-state index < -0.39 is 18.2 Å². The lowest BCUT2D eigenvalue weighted by atomic mass is 10.0. The smallest absolute Gasteiger partial charge is 0.323 e. The second-order valence-electron chi connectivity index (χ2n) is 13.2. The normalized spacial score (nSPS) is 20.0. The number of aliphatic hydroxyl groups excluding tert-OH is 1. The Kier molecular flexibility index (Phi) is 12.3. The van der Waals surface area contributed by atoms with E-state index in [0.29, 0.717) is 58.8 Å². The highest BCUT2D eigenvalue weighted by Gasteiger charge is 2.31. The number of fused-ring (bicyclic) bond motifs is 2. The lowest BCUT2D eigenvalue weighted by Crippen LogP contribution is -2.48. The van der Waals surface area contributed by atoms with Gasteiger partial charge in [0.15, 0.2) is 17.3 Å². The van der Waals surface area contributed by atoms with E-state index >= 15 is 0 Å². The van der Waals surface area contributed by atoms with Crippen LogP contribution in [0.5, 0.6) is 17.2 Å². The molecule has 0 aliphatic carbocycles. The van der Waals surface area contributed by atoms with Gasteiger partial charge in [0.25, 0.3) is 5.91 Å². The number of ether oxygens (including phenoxy) is 4. The Morgan fingerprint density at radius 2 is 1.75 bits per heavy atom. The van der Waals surface area contributed by atoms with Gasteiger partial charge in [0.2, 0.25) is 6.79 Å². The van der Waals surface area contributed by atoms with Crippen LogP contribution in [0, 0.1) is 19.8 Å². The van der Waals surface area contributed by atoms with Crippen molar-refractivity contribution in [1.82, 2.24) is 15.0 Å². The minimum atomic E-state index is -0.565. The summed E-state index contributed by atoms with van der Waals surface area (Å²) in [5.74, 6) is 1.38. The summed E-state index contributed by atoms with van der Waals surface area (Å²) < 4.78 is 28.6. The molecular formula is C36H48N6O9. The molecule has 0 saturated heterocycles. The van der Waals surface area contributed by atoms with Crippen LogP contribution in [-0.4, -0.2) is 96.4 Å². The molecule has 0 radical (unpaired) electrons. The second kappa shape index (κ2) is 16.8. The zero-order valence-electron chi connectivity index (χ0n) is 30.0. The van der Waals surface area contributed by atoms with E-state index in [2.05, 4.69) is 21.1 Å². The third kappa shape index (κ3) is 9.41. The lowest BCUT2D eigenvalue weighted by molar-refractivity contribution is -0.0115. The van der Waals surface area contributed by atoms with E-state index in [9.17, 15) is 19.5 Å². The quantitative estimate of drug-likeness (QED) is 0.241. The molecule has 0 fully saturated rings. The predicted molar refractivity (Wildman–Crippen MR) is 190 cm³/mol. The maximum atomic E-state index is 14.4. The van der Waals surface area contributed by atoms with Crippen LogP contribution in [-0.2, 0) is 4.74 Å². The molecule has 3 aromatic rings. The molecule has 0 bridgehead atoms. The number of carbonyl (C=O) groups excluding carboxylic acids is 3. The van der Waals surface area contributed by atoms with Crippen LogP contribution >= 0.6 is 0 Å². The number of carbonyl (C=O) groups is 3. The van der Waals surface area contributed by atoms with E-state index in [-0.39, 0.29) is 56.0 Å². The fourth-order valence-electron chi connectivity index (χ4n) is 5.95. The molecule has 4 N–H and O–H groups in total. The van der Waals surface area contributed by atoms with Crippen LogP contribution in [0.4, 0.5) is 26.7 Å². The molecule has 0 unspecified atom stereocenters. The summed E-state index contributed by atoms with van der Waals surface area (Å²) in [6.07, 6.45) is 1.66. The lowest BCUT2D eigenvalue weighted by Gasteiger charge is -2.35. The Balaban J connectivity index is 1.35. The maximum absolute atomic E-state index is 14.4. The number of urea groups is 2. The molecule has 4 atom stereocenters. The summed E-state index contributed by atoms with van der Waals surface area (Å²) in [6, 6.07) is 8.69. The van der Waals surface area contributed by atoms with Crippen LogP contribution in [0.1, 0.15) is 61.8 Å². The first-order valence-electron chi connectivity index (χ1n) is 17.2. The number of rotatable bonds is 7. The molecule has 2 aliphatic rings. The van der Waals surface area contributed by atoms with Gasteiger partial charge in [-0.1, -0.05) is 12.1 Å². The van der Waals surface area contributed by atoms with Gasteiger partial charge in [0.1, 0.15) is 17.1 Å². The molecule has 0 saturated carbocycles. The highest BCUT2D eigenvalue weighted by Crippen LogP contribution is 2.34. The number of hydrogen-bond acceptors (Lipinski definition) is 10. The van der Waals surface area contributed by atoms with Crippen molar-refractivity contribution < 1.29 is 43.0 Å². The first kappa shape index (κ1) is 37.2. The number of nitrogens with one attached hydrogen (secondary N) is 3. The maximum Gasteiger partial charge on any atom is 0.323 e. The molecule has 3 heterocycles. The van der Waals surface area contributed by atoms with Crippen molar-refractivity contribution in [3.8, 4) is 17.2 Å². The van der Waals surface area contributed by atoms with Crippen LogP contribution in [0.15, 0.2) is 40.9 Å². The number of amides is 5. The molecular weight excluding hydrogens is 660 g/mol. The molecule has 15 nitrogen and oxygen atoms in total. The van der Waals surface area contributed by atoms with E-state index in [1.807, 2.05) is 13.8 Å². The number of likely N-dealkylation sites (N-methyl/N-ethyl adjacent to an activating group) is 1. The number of aromatic nitrogens is 1. The largest absolute Gasteiger partial charge is 0.490 e. The van der Waals surface area contributed by atoms with Gasteiger partial charge in [-0.3, -0.25) is 4.79 Å². The zero-order chi connectivity index (χ0) is 36.7. The summed E-state index contributed by atoms with van der Waals surface area (Å²) >= 11 is 0. The van der Waals surface area contributed by atoms with Gasteiger partial charge in [-0.05, 0) is 77.3 Å². The van der Waals surface area contributed by atoms with Crippen molar-refractivity contribution in [2.24, 2.45) is 5.92 Å². The molecule has 51 heavy (non-hydrogen) atoms. The summed E-state index contributed by atoms with van der Waals surface area (Å²) in [6.45, 7) is 9.84. The number of anilines is 3. The summed E-state index contributed by atoms with van der Waals surface area (Å²) in [5.41, 5.74) is 2.16. The third-order valence-corrected chi connectivity index (χ3v) is 9.01. The molecule has 5 amide bonds. The average Bonchev–Trinajstić information content (AvgIpc) is 3.70. The van der Waals surface area contributed by atoms with Gasteiger partial charge in [-0.15, -0.1) is 0 Å². The molecule has 1 aromatic heterocycles. The Morgan fingerprint density at radius 1 is 1.02 bits per heavy atom. The number of benzene rings is 2. The fourth-order valence-corrected chi connectivity index (χ4v) is 5.95. The molecule has 15 heteroatoms. The molecule has 5 rings (SSSR count). The van der Waals surface area contributed by atoms with Crippen LogP contribution < -0.4 is 30.2 Å². The summed E-state index contributed by atoms with van der Waals surface area (Å²) in [7, 11) is 1.69. The average molecular weight is 709 g/mol. The van der Waals surface area contributed by atoms with E-state index in [1.165, 1.54) is 0 Å². The number of nitrogens with zero attached hydrogens (tertiary/aromatic N) is 3. The van der Waals surface area contributed by atoms with Gasteiger partial charge in [0.05, 0.1) is 30.4 Å². The fraction of sp³-hybridized carbons (Fsp3) is 0.500. The minimum Gasteiger partial charge on any atom is -0.490 e. The van der Waals surface area contributed by atoms with Crippen molar-refractivity contribution in [3.05, 3.63) is 53.4 Å². The van der Waals surface area contributed by atoms with Crippen molar-refractivity contribution in [1.29, 1.82) is 0 Å². The van der Waals surface area contributed by atoms with Gasteiger partial charge in [0, 0.05) is 50.1 Å². The molecule has 0 spiro atoms. The SMILES string of the molecule is Cc1noc(C)c1NC(=O)Nc1ccc2c(c1)C(=O)N([C@H](C)CO)C[C@H](C)[C@@H](CN(C)C(=O)Nc1ccc3c(c1)OCO3)OCCCC[C@H](C)O2. The zero-order valence-corrected chi connectivity index (χ0v) is 30.0. The molecule has 276 valence electrons. The van der Waals surface area contributed by atoms with Crippen molar-refractivity contribution in [3.63, 3.8) is 0 Å². The van der Waals surface area contributed by atoms with E-state index in [0.717, 1.165) is 12.8 Å². The molecule has 2 aromatic carbocycles. The van der Waals surface area contributed by atoms with Gasteiger partial charge >= 0.3 is 12.1 Å². The highest BCUT2D eigenvalue weighted by molar-refractivity contribution is 6.03. The van der Waals surface area contributed by atoms with E-state index in [1.54, 1.807) is 74.0 Å². The van der Waals surface area contributed by atoms with Crippen LogP contribution in [0.25, 0.3) is 0 Å². The third-order valence-electron chi connectivity index (χ3n) is 9.01. The van der Waals surface area contributed by atoms with Crippen molar-refractivity contribution >= 4 is 35.0 Å². The second-order valence-corrected chi connectivity index (χ2v) is 13.2. The number of aliphatic hydroxyl groups is 1.